The summed E-state index contributed by atoms with van der Waals surface area (Å²) in [6.07, 6.45) is -1.04. The van der Waals surface area contributed by atoms with Crippen LogP contribution in [-0.4, -0.2) is 28.8 Å². The van der Waals surface area contributed by atoms with Crippen molar-refractivity contribution in [2.45, 2.75) is 38.8 Å². The van der Waals surface area contributed by atoms with E-state index >= 15 is 0 Å². The minimum Gasteiger partial charge on any atom is -0.480 e. The number of benzene rings is 1. The summed E-state index contributed by atoms with van der Waals surface area (Å²) in [6.45, 7) is 4.99. The molecule has 0 unspecified atom stereocenters. The summed E-state index contributed by atoms with van der Waals surface area (Å²) in [5, 5.41) is 11.4. The Bertz CT molecular complexity index is 542. The maximum absolute atomic E-state index is 13.6. The van der Waals surface area contributed by atoms with Crippen molar-refractivity contribution in [2.75, 3.05) is 0 Å². The van der Waals surface area contributed by atoms with Gasteiger partial charge in [-0.3, -0.25) is 0 Å². The Balaban J connectivity index is 2.81. The van der Waals surface area contributed by atoms with Gasteiger partial charge in [0.15, 0.2) is 0 Å². The smallest absolute Gasteiger partial charge is 0.408 e. The Morgan fingerprint density at radius 2 is 2.05 bits per heavy atom. The van der Waals surface area contributed by atoms with Crippen molar-refractivity contribution in [3.63, 3.8) is 0 Å². The van der Waals surface area contributed by atoms with Crippen LogP contribution in [0, 0.1) is 5.82 Å². The molecule has 0 bridgehead atoms. The molecule has 0 spiro atoms. The molecule has 1 atom stereocenters. The summed E-state index contributed by atoms with van der Waals surface area (Å²) in [5.74, 6) is -1.80. The van der Waals surface area contributed by atoms with Gasteiger partial charge in [-0.1, -0.05) is 15.9 Å². The molecule has 1 aromatic carbocycles. The quantitative estimate of drug-likeness (QED) is 0.863. The van der Waals surface area contributed by atoms with E-state index in [1.807, 2.05) is 0 Å². The van der Waals surface area contributed by atoms with Gasteiger partial charge in [0, 0.05) is 10.9 Å². The van der Waals surface area contributed by atoms with Crippen LogP contribution in [0.4, 0.5) is 9.18 Å². The molecule has 2 N–H and O–H groups in total. The molecule has 21 heavy (non-hydrogen) atoms. The van der Waals surface area contributed by atoms with Crippen LogP contribution >= 0.6 is 15.9 Å². The normalized spacial score (nSPS) is 12.6. The monoisotopic (exact) mass is 361 g/mol. The van der Waals surface area contributed by atoms with Crippen molar-refractivity contribution in [2.24, 2.45) is 0 Å². The van der Waals surface area contributed by atoms with Crippen LogP contribution in [0.5, 0.6) is 0 Å². The van der Waals surface area contributed by atoms with Gasteiger partial charge in [-0.05, 0) is 44.5 Å². The number of carboxylic acid groups (broad SMARTS) is 1. The standard InChI is InChI=1S/C14H17BrFNO4/c1-14(2,3)21-13(20)17-11(12(18)19)7-8-6-9(15)4-5-10(8)16/h4-6,11H,7H2,1-3H3,(H,17,20)(H,18,19)/t11-/m0/s1. The third kappa shape index (κ3) is 6.12. The second-order valence-corrected chi connectivity index (χ2v) is 6.39. The van der Waals surface area contributed by atoms with Crippen molar-refractivity contribution >= 4 is 28.0 Å². The summed E-state index contributed by atoms with van der Waals surface area (Å²) in [6, 6.07) is 2.94. The number of aliphatic carboxylic acids is 1. The molecule has 0 fully saturated rings. The predicted octanol–water partition coefficient (Wildman–Crippen LogP) is 3.11. The highest BCUT2D eigenvalue weighted by Gasteiger charge is 2.25. The Morgan fingerprint density at radius 3 is 2.57 bits per heavy atom. The highest BCUT2D eigenvalue weighted by Crippen LogP contribution is 2.17. The zero-order valence-corrected chi connectivity index (χ0v) is 13.5. The fraction of sp³-hybridized carbons (Fsp3) is 0.429. The molecule has 0 saturated carbocycles. The second-order valence-electron chi connectivity index (χ2n) is 5.48. The molecule has 1 amide bonds. The molecule has 0 aromatic heterocycles. The van der Waals surface area contributed by atoms with Crippen molar-refractivity contribution in [1.82, 2.24) is 5.32 Å². The van der Waals surface area contributed by atoms with Crippen molar-refractivity contribution in [3.05, 3.63) is 34.1 Å². The minimum absolute atomic E-state index is 0.181. The lowest BCUT2D eigenvalue weighted by atomic mass is 10.1. The first kappa shape index (κ1) is 17.4. The number of halogens is 2. The van der Waals surface area contributed by atoms with Gasteiger partial charge in [-0.15, -0.1) is 0 Å². The van der Waals surface area contributed by atoms with E-state index in [-0.39, 0.29) is 12.0 Å². The van der Waals surface area contributed by atoms with Gasteiger partial charge in [0.2, 0.25) is 0 Å². The van der Waals surface area contributed by atoms with E-state index in [0.29, 0.717) is 4.47 Å². The molecule has 5 nitrogen and oxygen atoms in total. The van der Waals surface area contributed by atoms with E-state index in [4.69, 9.17) is 9.84 Å². The first-order valence-corrected chi connectivity index (χ1v) is 7.04. The molecule has 0 heterocycles. The number of ether oxygens (including phenoxy) is 1. The zero-order chi connectivity index (χ0) is 16.2. The first-order chi connectivity index (χ1) is 9.58. The lowest BCUT2D eigenvalue weighted by Gasteiger charge is -2.22. The van der Waals surface area contributed by atoms with Crippen LogP contribution in [0.3, 0.4) is 0 Å². The fourth-order valence-corrected chi connectivity index (χ4v) is 1.98. The maximum Gasteiger partial charge on any atom is 0.408 e. The highest BCUT2D eigenvalue weighted by molar-refractivity contribution is 9.10. The first-order valence-electron chi connectivity index (χ1n) is 6.25. The number of amides is 1. The lowest BCUT2D eigenvalue weighted by Crippen LogP contribution is -2.44. The van der Waals surface area contributed by atoms with E-state index in [0.717, 1.165) is 0 Å². The molecular weight excluding hydrogens is 345 g/mol. The largest absolute Gasteiger partial charge is 0.480 e. The molecule has 1 rings (SSSR count). The van der Waals surface area contributed by atoms with Gasteiger partial charge in [0.25, 0.3) is 0 Å². The summed E-state index contributed by atoms with van der Waals surface area (Å²) in [7, 11) is 0. The number of rotatable bonds is 4. The Kier molecular flexibility index (Phi) is 5.71. The third-order valence-electron chi connectivity index (χ3n) is 2.42. The average molecular weight is 362 g/mol. The zero-order valence-electron chi connectivity index (χ0n) is 11.9. The Labute approximate surface area is 130 Å². The fourth-order valence-electron chi connectivity index (χ4n) is 1.57. The van der Waals surface area contributed by atoms with Crippen LogP contribution < -0.4 is 5.32 Å². The lowest BCUT2D eigenvalue weighted by molar-refractivity contribution is -0.139. The maximum atomic E-state index is 13.6. The van der Waals surface area contributed by atoms with Gasteiger partial charge in [0.05, 0.1) is 0 Å². The molecular formula is C14H17BrFNO4. The molecule has 116 valence electrons. The molecule has 0 aliphatic rings. The van der Waals surface area contributed by atoms with E-state index in [2.05, 4.69) is 21.2 Å². The summed E-state index contributed by atoms with van der Waals surface area (Å²) >= 11 is 3.19. The Hall–Kier alpha value is -1.63. The van der Waals surface area contributed by atoms with Gasteiger partial charge in [-0.25, -0.2) is 14.0 Å². The Morgan fingerprint density at radius 1 is 1.43 bits per heavy atom. The predicted molar refractivity (Wildman–Crippen MR) is 78.6 cm³/mol. The molecule has 1 aromatic rings. The van der Waals surface area contributed by atoms with E-state index < -0.39 is 29.5 Å². The van der Waals surface area contributed by atoms with Crippen LogP contribution in [0.1, 0.15) is 26.3 Å². The molecule has 7 heteroatoms. The second kappa shape index (κ2) is 6.89. The number of alkyl carbamates (subject to hydrolysis) is 1. The number of carbonyl (C=O) groups excluding carboxylic acids is 1. The van der Waals surface area contributed by atoms with E-state index in [1.165, 1.54) is 18.2 Å². The molecule has 0 aliphatic carbocycles. The number of hydrogen-bond donors (Lipinski definition) is 2. The van der Waals surface area contributed by atoms with Gasteiger partial charge in [0.1, 0.15) is 17.5 Å². The minimum atomic E-state index is -1.27. The molecule has 0 radical (unpaired) electrons. The van der Waals surface area contributed by atoms with Gasteiger partial charge in [-0.2, -0.15) is 0 Å². The van der Waals surface area contributed by atoms with Crippen LogP contribution in [0.15, 0.2) is 22.7 Å². The van der Waals surface area contributed by atoms with Gasteiger partial charge < -0.3 is 15.2 Å². The summed E-state index contributed by atoms with van der Waals surface area (Å²) < 4.78 is 19.3. The highest BCUT2D eigenvalue weighted by atomic mass is 79.9. The molecule has 0 aliphatic heterocycles. The SMILES string of the molecule is CC(C)(C)OC(=O)N[C@@H](Cc1cc(Br)ccc1F)C(=O)O. The van der Waals surface area contributed by atoms with Gasteiger partial charge >= 0.3 is 12.1 Å². The van der Waals surface area contributed by atoms with Crippen LogP contribution in [0.25, 0.3) is 0 Å². The molecule has 0 saturated heterocycles. The number of carboxylic acids is 1. The topological polar surface area (TPSA) is 75.6 Å². The van der Waals surface area contributed by atoms with Crippen LogP contribution in [-0.2, 0) is 16.0 Å². The number of hydrogen-bond acceptors (Lipinski definition) is 3. The third-order valence-corrected chi connectivity index (χ3v) is 2.91. The number of carbonyl (C=O) groups is 2. The van der Waals surface area contributed by atoms with E-state index in [1.54, 1.807) is 20.8 Å². The summed E-state index contributed by atoms with van der Waals surface area (Å²) in [4.78, 5) is 22.8. The number of nitrogens with one attached hydrogen (secondary N) is 1. The van der Waals surface area contributed by atoms with Crippen molar-refractivity contribution < 1.29 is 23.8 Å². The average Bonchev–Trinajstić information content (AvgIpc) is 2.30. The summed E-state index contributed by atoms with van der Waals surface area (Å²) in [5.41, 5.74) is -0.554. The van der Waals surface area contributed by atoms with Crippen molar-refractivity contribution in [1.29, 1.82) is 0 Å². The van der Waals surface area contributed by atoms with E-state index in [9.17, 15) is 14.0 Å². The van der Waals surface area contributed by atoms with Crippen molar-refractivity contribution in [3.8, 4) is 0 Å². The van der Waals surface area contributed by atoms with Crippen LogP contribution in [0.2, 0.25) is 0 Å².